The van der Waals surface area contributed by atoms with Gasteiger partial charge in [-0.15, -0.1) is 0 Å². The molecule has 8 heteroatoms. The minimum atomic E-state index is -0.641. The number of amides is 1. The normalized spacial score (nSPS) is 14.1. The molecule has 6 nitrogen and oxygen atoms in total. The third-order valence-electron chi connectivity index (χ3n) is 3.66. The minimum Gasteiger partial charge on any atom is -0.296 e. The van der Waals surface area contributed by atoms with Crippen LogP contribution in [0.3, 0.4) is 0 Å². The fraction of sp³-hybridized carbons (Fsp3) is 0.267. The summed E-state index contributed by atoms with van der Waals surface area (Å²) >= 11 is 1.11. The molecule has 2 aromatic heterocycles. The molecule has 1 N–H and O–H groups in total. The molecule has 0 aliphatic heterocycles. The van der Waals surface area contributed by atoms with Crippen LogP contribution in [0.15, 0.2) is 24.5 Å². The van der Waals surface area contributed by atoms with Crippen molar-refractivity contribution >= 4 is 33.6 Å². The predicted octanol–water partition coefficient (Wildman–Crippen LogP) is 2.83. The lowest BCUT2D eigenvalue weighted by molar-refractivity contribution is 0.102. The Hall–Kier alpha value is -2.48. The quantitative estimate of drug-likeness (QED) is 0.796. The number of anilines is 1. The summed E-state index contributed by atoms with van der Waals surface area (Å²) in [6.07, 6.45) is 6.24. The maximum atomic E-state index is 14.1. The molecule has 0 radical (unpaired) electrons. The Morgan fingerprint density at radius 1 is 1.26 bits per heavy atom. The second-order valence-corrected chi connectivity index (χ2v) is 6.25. The van der Waals surface area contributed by atoms with Crippen LogP contribution in [0, 0.1) is 11.7 Å². The molecule has 2 heterocycles. The lowest BCUT2D eigenvalue weighted by Crippen LogP contribution is -2.14. The molecular formula is C15H12FN5OS. The first-order valence-electron chi connectivity index (χ1n) is 7.23. The molecule has 4 rings (SSSR count). The number of carbonyl (C=O) groups excluding carboxylic acids is 1. The molecule has 1 aliphatic carbocycles. The Bertz CT molecular complexity index is 892. The van der Waals surface area contributed by atoms with Gasteiger partial charge in [-0.05, 0) is 24.8 Å². The first kappa shape index (κ1) is 14.1. The van der Waals surface area contributed by atoms with E-state index in [0.29, 0.717) is 22.1 Å². The Morgan fingerprint density at radius 3 is 2.74 bits per heavy atom. The molecule has 0 bridgehead atoms. The number of aromatic nitrogens is 4. The second-order valence-electron chi connectivity index (χ2n) is 5.49. The van der Waals surface area contributed by atoms with E-state index in [2.05, 4.69) is 24.6 Å². The van der Waals surface area contributed by atoms with Crippen LogP contribution in [-0.2, 0) is 6.42 Å². The lowest BCUT2D eigenvalue weighted by atomic mass is 10.1. The highest BCUT2D eigenvalue weighted by Crippen LogP contribution is 2.32. The molecule has 1 saturated carbocycles. The molecule has 23 heavy (non-hydrogen) atoms. The fourth-order valence-electron chi connectivity index (χ4n) is 2.29. The molecule has 0 spiro atoms. The SMILES string of the molecule is O=C(Nc1nc(CC2CC2)ns1)c1cc2nccnc2cc1F. The maximum absolute atomic E-state index is 14.1. The predicted molar refractivity (Wildman–Crippen MR) is 83.8 cm³/mol. The van der Waals surface area contributed by atoms with Crippen molar-refractivity contribution in [3.05, 3.63) is 41.7 Å². The van der Waals surface area contributed by atoms with Gasteiger partial charge in [-0.3, -0.25) is 20.1 Å². The van der Waals surface area contributed by atoms with E-state index in [1.807, 2.05) is 0 Å². The highest BCUT2D eigenvalue weighted by molar-refractivity contribution is 7.09. The number of halogens is 1. The van der Waals surface area contributed by atoms with E-state index in [1.54, 1.807) is 0 Å². The zero-order chi connectivity index (χ0) is 15.8. The maximum Gasteiger partial charge on any atom is 0.260 e. The van der Waals surface area contributed by atoms with Crippen molar-refractivity contribution in [1.82, 2.24) is 19.3 Å². The van der Waals surface area contributed by atoms with Gasteiger partial charge in [0.2, 0.25) is 5.13 Å². The van der Waals surface area contributed by atoms with E-state index >= 15 is 0 Å². The number of benzene rings is 1. The summed E-state index contributed by atoms with van der Waals surface area (Å²) in [7, 11) is 0. The number of nitrogens with zero attached hydrogens (tertiary/aromatic N) is 4. The first-order chi connectivity index (χ1) is 11.2. The van der Waals surface area contributed by atoms with Crippen LogP contribution in [0.1, 0.15) is 29.0 Å². The van der Waals surface area contributed by atoms with E-state index < -0.39 is 11.7 Å². The second kappa shape index (κ2) is 5.62. The van der Waals surface area contributed by atoms with Crippen LogP contribution in [0.25, 0.3) is 11.0 Å². The van der Waals surface area contributed by atoms with Gasteiger partial charge in [-0.25, -0.2) is 9.37 Å². The molecule has 116 valence electrons. The standard InChI is InChI=1S/C15H12FN5OS/c16-10-7-12-11(17-3-4-18-12)6-9(10)14(22)20-15-19-13(21-23-15)5-8-1-2-8/h3-4,6-8H,1-2,5H2,(H,19,20,21,22). The van der Waals surface area contributed by atoms with Crippen LogP contribution >= 0.6 is 11.5 Å². The summed E-state index contributed by atoms with van der Waals surface area (Å²) in [6, 6.07) is 2.59. The van der Waals surface area contributed by atoms with E-state index in [4.69, 9.17) is 0 Å². The Kier molecular flexibility index (Phi) is 3.45. The summed E-state index contributed by atoms with van der Waals surface area (Å²) < 4.78 is 18.3. The van der Waals surface area contributed by atoms with Gasteiger partial charge in [0.15, 0.2) is 0 Å². The topological polar surface area (TPSA) is 80.7 Å². The molecule has 0 saturated heterocycles. The number of hydrogen-bond acceptors (Lipinski definition) is 6. The lowest BCUT2D eigenvalue weighted by Gasteiger charge is -2.04. The van der Waals surface area contributed by atoms with Gasteiger partial charge < -0.3 is 0 Å². The van der Waals surface area contributed by atoms with Gasteiger partial charge in [0, 0.05) is 36.4 Å². The highest BCUT2D eigenvalue weighted by atomic mass is 32.1. The van der Waals surface area contributed by atoms with Gasteiger partial charge in [-0.2, -0.15) is 4.37 Å². The van der Waals surface area contributed by atoms with Crippen molar-refractivity contribution in [2.45, 2.75) is 19.3 Å². The van der Waals surface area contributed by atoms with Crippen LogP contribution in [-0.4, -0.2) is 25.2 Å². The van der Waals surface area contributed by atoms with Gasteiger partial charge in [0.25, 0.3) is 5.91 Å². The van der Waals surface area contributed by atoms with Gasteiger partial charge in [0.05, 0.1) is 16.6 Å². The highest BCUT2D eigenvalue weighted by Gasteiger charge is 2.24. The molecule has 3 aromatic rings. The molecule has 1 aromatic carbocycles. The molecule has 0 unspecified atom stereocenters. The van der Waals surface area contributed by atoms with Crippen molar-refractivity contribution in [2.24, 2.45) is 5.92 Å². The van der Waals surface area contributed by atoms with Gasteiger partial charge >= 0.3 is 0 Å². The summed E-state index contributed by atoms with van der Waals surface area (Å²) in [5.74, 6) is 0.199. The summed E-state index contributed by atoms with van der Waals surface area (Å²) in [6.45, 7) is 0. The van der Waals surface area contributed by atoms with Crippen molar-refractivity contribution in [3.8, 4) is 0 Å². The zero-order valence-electron chi connectivity index (χ0n) is 12.0. The van der Waals surface area contributed by atoms with Crippen molar-refractivity contribution < 1.29 is 9.18 Å². The number of rotatable bonds is 4. The summed E-state index contributed by atoms with van der Waals surface area (Å²) in [5.41, 5.74) is 0.784. The van der Waals surface area contributed by atoms with Gasteiger partial charge in [-0.1, -0.05) is 0 Å². The average molecular weight is 329 g/mol. The molecule has 0 atom stereocenters. The van der Waals surface area contributed by atoms with E-state index in [0.717, 1.165) is 23.8 Å². The van der Waals surface area contributed by atoms with Crippen LogP contribution in [0.5, 0.6) is 0 Å². The Morgan fingerprint density at radius 2 is 2.00 bits per heavy atom. The van der Waals surface area contributed by atoms with E-state index in [1.165, 1.54) is 37.4 Å². The van der Waals surface area contributed by atoms with Crippen molar-refractivity contribution in [1.29, 1.82) is 0 Å². The number of nitrogens with one attached hydrogen (secondary N) is 1. The van der Waals surface area contributed by atoms with Crippen molar-refractivity contribution in [2.75, 3.05) is 5.32 Å². The summed E-state index contributed by atoms with van der Waals surface area (Å²) in [5, 5.41) is 2.97. The van der Waals surface area contributed by atoms with Crippen LogP contribution < -0.4 is 5.32 Å². The van der Waals surface area contributed by atoms with E-state index in [9.17, 15) is 9.18 Å². The molecule has 1 amide bonds. The number of carbonyl (C=O) groups is 1. The monoisotopic (exact) mass is 329 g/mol. The zero-order valence-corrected chi connectivity index (χ0v) is 12.8. The van der Waals surface area contributed by atoms with Crippen molar-refractivity contribution in [3.63, 3.8) is 0 Å². The fourth-order valence-corrected chi connectivity index (χ4v) is 2.88. The smallest absolute Gasteiger partial charge is 0.260 e. The van der Waals surface area contributed by atoms with Gasteiger partial charge in [0.1, 0.15) is 11.6 Å². The largest absolute Gasteiger partial charge is 0.296 e. The third kappa shape index (κ3) is 3.02. The number of fused-ring (bicyclic) bond motifs is 1. The first-order valence-corrected chi connectivity index (χ1v) is 8.00. The Labute approximate surface area is 135 Å². The van der Waals surface area contributed by atoms with E-state index in [-0.39, 0.29) is 5.56 Å². The molecule has 1 fully saturated rings. The Balaban J connectivity index is 1.56. The number of hydrogen-bond donors (Lipinski definition) is 1. The average Bonchev–Trinajstić information content (AvgIpc) is 3.25. The third-order valence-corrected chi connectivity index (χ3v) is 4.33. The van der Waals surface area contributed by atoms with Crippen LogP contribution in [0.4, 0.5) is 9.52 Å². The summed E-state index contributed by atoms with van der Waals surface area (Å²) in [4.78, 5) is 24.6. The molecular weight excluding hydrogens is 317 g/mol. The van der Waals surface area contributed by atoms with Crippen LogP contribution in [0.2, 0.25) is 0 Å². The molecule has 1 aliphatic rings. The minimum absolute atomic E-state index is 0.0862.